The van der Waals surface area contributed by atoms with E-state index < -0.39 is 0 Å². The lowest BCUT2D eigenvalue weighted by molar-refractivity contribution is 0.247. The Morgan fingerprint density at radius 1 is 1.00 bits per heavy atom. The fourth-order valence-electron chi connectivity index (χ4n) is 3.66. The van der Waals surface area contributed by atoms with Crippen molar-refractivity contribution >= 4 is 0 Å². The van der Waals surface area contributed by atoms with Crippen LogP contribution in [0.1, 0.15) is 42.7 Å². The van der Waals surface area contributed by atoms with Gasteiger partial charge in [-0.1, -0.05) is 61.4 Å². The van der Waals surface area contributed by atoms with Gasteiger partial charge < -0.3 is 5.73 Å². The molecule has 21 heavy (non-hydrogen) atoms. The van der Waals surface area contributed by atoms with Gasteiger partial charge in [0.25, 0.3) is 0 Å². The zero-order valence-electron chi connectivity index (χ0n) is 12.3. The maximum atomic E-state index is 14.0. The minimum Gasteiger partial charge on any atom is -0.324 e. The number of nitrogens with two attached hydrogens (primary N) is 1. The van der Waals surface area contributed by atoms with E-state index in [4.69, 9.17) is 5.73 Å². The van der Waals surface area contributed by atoms with E-state index in [1.54, 1.807) is 6.07 Å². The van der Waals surface area contributed by atoms with Gasteiger partial charge in [0.15, 0.2) is 0 Å². The highest BCUT2D eigenvalue weighted by atomic mass is 19.1. The maximum Gasteiger partial charge on any atom is 0.126 e. The number of hydrogen-bond donors (Lipinski definition) is 1. The van der Waals surface area contributed by atoms with Gasteiger partial charge in [-0.05, 0) is 36.5 Å². The van der Waals surface area contributed by atoms with Crippen molar-refractivity contribution in [2.75, 3.05) is 0 Å². The fraction of sp³-hybridized carbons (Fsp3) is 0.368. The molecule has 2 atom stereocenters. The Hall–Kier alpha value is -1.67. The fourth-order valence-corrected chi connectivity index (χ4v) is 3.66. The zero-order valence-corrected chi connectivity index (χ0v) is 12.3. The average Bonchev–Trinajstić information content (AvgIpc) is 2.51. The van der Waals surface area contributed by atoms with Crippen LogP contribution in [0.25, 0.3) is 0 Å². The van der Waals surface area contributed by atoms with Crippen molar-refractivity contribution in [2.24, 2.45) is 5.73 Å². The molecule has 0 saturated heterocycles. The van der Waals surface area contributed by atoms with Gasteiger partial charge >= 0.3 is 0 Å². The van der Waals surface area contributed by atoms with Crippen LogP contribution in [0.15, 0.2) is 54.6 Å². The monoisotopic (exact) mass is 283 g/mol. The van der Waals surface area contributed by atoms with Crippen molar-refractivity contribution in [3.8, 4) is 0 Å². The zero-order chi connectivity index (χ0) is 14.7. The van der Waals surface area contributed by atoms with Crippen LogP contribution in [-0.2, 0) is 6.42 Å². The van der Waals surface area contributed by atoms with E-state index in [-0.39, 0.29) is 11.4 Å². The Morgan fingerprint density at radius 2 is 1.71 bits per heavy atom. The van der Waals surface area contributed by atoms with E-state index >= 15 is 0 Å². The Morgan fingerprint density at radius 3 is 2.48 bits per heavy atom. The second-order valence-corrected chi connectivity index (χ2v) is 6.21. The highest BCUT2D eigenvalue weighted by Crippen LogP contribution is 2.41. The molecular formula is C19H22FN. The second-order valence-electron chi connectivity index (χ2n) is 6.21. The third-order valence-corrected chi connectivity index (χ3v) is 4.76. The van der Waals surface area contributed by atoms with E-state index in [2.05, 4.69) is 24.3 Å². The first-order valence-corrected chi connectivity index (χ1v) is 7.76. The molecule has 1 saturated carbocycles. The summed E-state index contributed by atoms with van der Waals surface area (Å²) in [7, 11) is 0. The molecule has 3 rings (SSSR count). The molecule has 0 bridgehead atoms. The molecule has 1 nitrogen and oxygen atoms in total. The summed E-state index contributed by atoms with van der Waals surface area (Å²) in [5, 5.41) is 0. The molecule has 0 radical (unpaired) electrons. The van der Waals surface area contributed by atoms with Crippen molar-refractivity contribution in [1.29, 1.82) is 0 Å². The van der Waals surface area contributed by atoms with E-state index in [0.29, 0.717) is 12.3 Å². The van der Waals surface area contributed by atoms with Crippen LogP contribution >= 0.6 is 0 Å². The van der Waals surface area contributed by atoms with Crippen LogP contribution in [-0.4, -0.2) is 5.54 Å². The topological polar surface area (TPSA) is 26.0 Å². The van der Waals surface area contributed by atoms with Crippen LogP contribution in [0.2, 0.25) is 0 Å². The lowest BCUT2D eigenvalue weighted by Gasteiger charge is -2.42. The molecule has 2 aromatic rings. The van der Waals surface area contributed by atoms with Gasteiger partial charge in [0.1, 0.15) is 5.82 Å². The molecule has 0 amide bonds. The summed E-state index contributed by atoms with van der Waals surface area (Å²) in [5.41, 5.74) is 8.45. The molecule has 2 heteroatoms. The predicted molar refractivity (Wildman–Crippen MR) is 84.7 cm³/mol. The Bertz CT molecular complexity index is 596. The second kappa shape index (κ2) is 5.98. The summed E-state index contributed by atoms with van der Waals surface area (Å²) in [6, 6.07) is 17.5. The van der Waals surface area contributed by atoms with E-state index in [9.17, 15) is 4.39 Å². The van der Waals surface area contributed by atoms with Gasteiger partial charge in [-0.15, -0.1) is 0 Å². The maximum absolute atomic E-state index is 14.0. The first kappa shape index (κ1) is 14.3. The van der Waals surface area contributed by atoms with Gasteiger partial charge in [0.2, 0.25) is 0 Å². The van der Waals surface area contributed by atoms with Crippen molar-refractivity contribution in [2.45, 2.75) is 43.6 Å². The SMILES string of the molecule is NC1(Cc2ccccc2F)CCCCC1c1ccccc1. The summed E-state index contributed by atoms with van der Waals surface area (Å²) >= 11 is 0. The number of halogens is 1. The molecule has 2 unspecified atom stereocenters. The van der Waals surface area contributed by atoms with Crippen LogP contribution in [0.4, 0.5) is 4.39 Å². The van der Waals surface area contributed by atoms with Crippen LogP contribution in [0, 0.1) is 5.82 Å². The highest BCUT2D eigenvalue weighted by molar-refractivity contribution is 5.28. The van der Waals surface area contributed by atoms with Gasteiger partial charge in [-0.3, -0.25) is 0 Å². The third-order valence-electron chi connectivity index (χ3n) is 4.76. The largest absolute Gasteiger partial charge is 0.324 e. The first-order chi connectivity index (χ1) is 10.2. The average molecular weight is 283 g/mol. The lowest BCUT2D eigenvalue weighted by Crippen LogP contribution is -2.49. The molecule has 0 aromatic heterocycles. The van der Waals surface area contributed by atoms with Crippen molar-refractivity contribution < 1.29 is 4.39 Å². The predicted octanol–water partition coefficient (Wildman–Crippen LogP) is 4.42. The quantitative estimate of drug-likeness (QED) is 0.886. The summed E-state index contributed by atoms with van der Waals surface area (Å²) in [5.74, 6) is 0.173. The normalized spacial score (nSPS) is 25.7. The van der Waals surface area contributed by atoms with Crippen molar-refractivity contribution in [3.63, 3.8) is 0 Å². The highest BCUT2D eigenvalue weighted by Gasteiger charge is 2.38. The third kappa shape index (κ3) is 3.01. The standard InChI is InChI=1S/C19H22FN/c20-18-12-5-4-10-16(18)14-19(21)13-7-6-11-17(19)15-8-2-1-3-9-15/h1-5,8-10,12,17H,6-7,11,13-14,21H2. The van der Waals surface area contributed by atoms with Crippen LogP contribution in [0.5, 0.6) is 0 Å². The van der Waals surface area contributed by atoms with Crippen LogP contribution < -0.4 is 5.73 Å². The first-order valence-electron chi connectivity index (χ1n) is 7.76. The minimum absolute atomic E-state index is 0.139. The van der Waals surface area contributed by atoms with Crippen molar-refractivity contribution in [3.05, 3.63) is 71.5 Å². The Labute approximate surface area is 126 Å². The van der Waals surface area contributed by atoms with Gasteiger partial charge in [-0.25, -0.2) is 4.39 Å². The molecule has 2 aromatic carbocycles. The summed E-state index contributed by atoms with van der Waals surface area (Å²) in [6.07, 6.45) is 5.00. The minimum atomic E-state index is -0.345. The van der Waals surface area contributed by atoms with Gasteiger partial charge in [-0.2, -0.15) is 0 Å². The van der Waals surface area contributed by atoms with Crippen LogP contribution in [0.3, 0.4) is 0 Å². The molecule has 1 fully saturated rings. The Kier molecular flexibility index (Phi) is 4.07. The van der Waals surface area contributed by atoms with Gasteiger partial charge in [0, 0.05) is 11.5 Å². The number of hydrogen-bond acceptors (Lipinski definition) is 1. The number of rotatable bonds is 3. The molecule has 0 heterocycles. The summed E-state index contributed by atoms with van der Waals surface area (Å²) in [6.45, 7) is 0. The van der Waals surface area contributed by atoms with E-state index in [1.165, 1.54) is 18.1 Å². The molecule has 110 valence electrons. The summed E-state index contributed by atoms with van der Waals surface area (Å²) < 4.78 is 14.0. The molecule has 0 aliphatic heterocycles. The van der Waals surface area contributed by atoms with Gasteiger partial charge in [0.05, 0.1) is 0 Å². The molecular weight excluding hydrogens is 261 g/mol. The molecule has 1 aliphatic carbocycles. The summed E-state index contributed by atoms with van der Waals surface area (Å²) in [4.78, 5) is 0. The Balaban J connectivity index is 1.91. The molecule has 2 N–H and O–H groups in total. The number of benzene rings is 2. The lowest BCUT2D eigenvalue weighted by atomic mass is 9.67. The molecule has 0 spiro atoms. The van der Waals surface area contributed by atoms with Crippen molar-refractivity contribution in [1.82, 2.24) is 0 Å². The molecule has 1 aliphatic rings. The van der Waals surface area contributed by atoms with E-state index in [0.717, 1.165) is 24.8 Å². The smallest absolute Gasteiger partial charge is 0.126 e. The van der Waals surface area contributed by atoms with E-state index in [1.807, 2.05) is 18.2 Å².